The van der Waals surface area contributed by atoms with E-state index in [4.69, 9.17) is 9.47 Å². The fourth-order valence-electron chi connectivity index (χ4n) is 3.66. The maximum atomic E-state index is 14.5. The van der Waals surface area contributed by atoms with Crippen LogP contribution in [0.3, 0.4) is 0 Å². The van der Waals surface area contributed by atoms with Crippen LogP contribution < -0.4 is 4.74 Å². The third-order valence-electron chi connectivity index (χ3n) is 4.97. The Hall–Kier alpha value is -2.50. The highest BCUT2D eigenvalue weighted by molar-refractivity contribution is 5.69. The van der Waals surface area contributed by atoms with Gasteiger partial charge in [-0.2, -0.15) is 0 Å². The predicted octanol–water partition coefficient (Wildman–Crippen LogP) is 5.41. The molecule has 0 radical (unpaired) electrons. The number of halogens is 2. The number of rotatable bonds is 8. The van der Waals surface area contributed by atoms with Crippen LogP contribution in [-0.2, 0) is 9.53 Å². The number of ether oxygens (including phenoxy) is 2. The lowest BCUT2D eigenvalue weighted by atomic mass is 9.94. The summed E-state index contributed by atoms with van der Waals surface area (Å²) >= 11 is 0. The first kappa shape index (κ1) is 20.2. The summed E-state index contributed by atoms with van der Waals surface area (Å²) in [6.45, 7) is 2.06. The number of hydrogen-bond acceptors (Lipinski definition) is 4. The Labute approximate surface area is 163 Å². The molecule has 1 heterocycles. The first-order valence-corrected chi connectivity index (χ1v) is 9.83. The number of nitrogens with zero attached hydrogens (tertiary/aromatic N) is 1. The molecule has 0 N–H and O–H groups in total. The molecule has 1 fully saturated rings. The van der Waals surface area contributed by atoms with Gasteiger partial charge in [0.05, 0.1) is 18.9 Å². The van der Waals surface area contributed by atoms with E-state index in [0.717, 1.165) is 36.9 Å². The van der Waals surface area contributed by atoms with Crippen LogP contribution in [0, 0.1) is 11.6 Å². The average Bonchev–Trinajstić information content (AvgIpc) is 3.21. The average molecular weight is 389 g/mol. The topological polar surface area (TPSA) is 48.4 Å². The highest BCUT2D eigenvalue weighted by Gasteiger charge is 2.23. The zero-order valence-corrected chi connectivity index (χ0v) is 16.0. The Balaban J connectivity index is 1.73. The maximum absolute atomic E-state index is 14.5. The zero-order chi connectivity index (χ0) is 19.9. The molecule has 4 nitrogen and oxygen atoms in total. The molecule has 1 aliphatic rings. The molecule has 2 aromatic rings. The standard InChI is InChI=1S/C22H25F2NO3/c1-2-27-20(26)10-6-12-28-22-18(23)13-16(14-19(22)24)17-9-5-11-25-21(17)15-7-3-4-8-15/h5,9,11,13-15H,2-4,6-8,10,12H2,1H3. The first-order valence-electron chi connectivity index (χ1n) is 9.83. The largest absolute Gasteiger partial charge is 0.488 e. The van der Waals surface area contributed by atoms with Crippen molar-refractivity contribution in [3.05, 3.63) is 47.8 Å². The highest BCUT2D eigenvalue weighted by Crippen LogP contribution is 2.39. The SMILES string of the molecule is CCOC(=O)CCCOc1c(F)cc(-c2cccnc2C2CCCC2)cc1F. The van der Waals surface area contributed by atoms with Gasteiger partial charge in [-0.25, -0.2) is 8.78 Å². The number of esters is 1. The van der Waals surface area contributed by atoms with E-state index in [2.05, 4.69) is 4.98 Å². The molecular weight excluding hydrogens is 364 g/mol. The molecule has 28 heavy (non-hydrogen) atoms. The van der Waals surface area contributed by atoms with Crippen molar-refractivity contribution in [2.45, 2.75) is 51.4 Å². The Morgan fingerprint density at radius 2 is 1.93 bits per heavy atom. The second kappa shape index (κ2) is 9.62. The second-order valence-electron chi connectivity index (χ2n) is 6.94. The monoisotopic (exact) mass is 389 g/mol. The summed E-state index contributed by atoms with van der Waals surface area (Å²) in [5.74, 6) is -1.95. The minimum absolute atomic E-state index is 0.0339. The minimum atomic E-state index is -0.757. The molecule has 1 aliphatic carbocycles. The molecule has 0 amide bonds. The lowest BCUT2D eigenvalue weighted by Crippen LogP contribution is -2.08. The van der Waals surface area contributed by atoms with Crippen LogP contribution in [0.15, 0.2) is 30.5 Å². The van der Waals surface area contributed by atoms with E-state index >= 15 is 0 Å². The van der Waals surface area contributed by atoms with E-state index < -0.39 is 17.4 Å². The van der Waals surface area contributed by atoms with Crippen LogP contribution in [0.1, 0.15) is 57.1 Å². The van der Waals surface area contributed by atoms with Crippen LogP contribution in [0.2, 0.25) is 0 Å². The lowest BCUT2D eigenvalue weighted by Gasteiger charge is -2.15. The van der Waals surface area contributed by atoms with Gasteiger partial charge < -0.3 is 9.47 Å². The molecule has 0 spiro atoms. The summed E-state index contributed by atoms with van der Waals surface area (Å²) in [4.78, 5) is 15.8. The number of aromatic nitrogens is 1. The molecular formula is C22H25F2NO3. The van der Waals surface area contributed by atoms with Crippen LogP contribution >= 0.6 is 0 Å². The molecule has 0 unspecified atom stereocenters. The normalized spacial score (nSPS) is 14.2. The Morgan fingerprint density at radius 3 is 2.61 bits per heavy atom. The second-order valence-corrected chi connectivity index (χ2v) is 6.94. The third-order valence-corrected chi connectivity index (χ3v) is 4.97. The van der Waals surface area contributed by atoms with Gasteiger partial charge in [-0.15, -0.1) is 0 Å². The van der Waals surface area contributed by atoms with E-state index in [9.17, 15) is 13.6 Å². The molecule has 150 valence electrons. The van der Waals surface area contributed by atoms with Crippen LogP contribution in [0.5, 0.6) is 5.75 Å². The van der Waals surface area contributed by atoms with E-state index in [1.165, 1.54) is 12.1 Å². The van der Waals surface area contributed by atoms with Crippen LogP contribution in [0.25, 0.3) is 11.1 Å². The van der Waals surface area contributed by atoms with Crippen LogP contribution in [0.4, 0.5) is 8.78 Å². The van der Waals surface area contributed by atoms with E-state index in [0.29, 0.717) is 24.5 Å². The molecule has 1 aromatic heterocycles. The molecule has 0 saturated heterocycles. The molecule has 6 heteroatoms. The van der Waals surface area contributed by atoms with Gasteiger partial charge in [-0.1, -0.05) is 18.9 Å². The first-order chi connectivity index (χ1) is 13.6. The molecule has 1 aromatic carbocycles. The van der Waals surface area contributed by atoms with E-state index in [1.54, 1.807) is 19.2 Å². The van der Waals surface area contributed by atoms with Gasteiger partial charge in [0.1, 0.15) is 0 Å². The van der Waals surface area contributed by atoms with Crippen molar-refractivity contribution in [2.75, 3.05) is 13.2 Å². The van der Waals surface area contributed by atoms with Crippen LogP contribution in [-0.4, -0.2) is 24.2 Å². The fourth-order valence-corrected chi connectivity index (χ4v) is 3.66. The van der Waals surface area contributed by atoms with Crippen molar-refractivity contribution in [3.63, 3.8) is 0 Å². The highest BCUT2D eigenvalue weighted by atomic mass is 19.1. The maximum Gasteiger partial charge on any atom is 0.305 e. The van der Waals surface area contributed by atoms with Gasteiger partial charge >= 0.3 is 5.97 Å². The number of carbonyl (C=O) groups is 1. The Bertz CT molecular complexity index is 796. The third kappa shape index (κ3) is 4.86. The summed E-state index contributed by atoms with van der Waals surface area (Å²) < 4.78 is 39.1. The van der Waals surface area contributed by atoms with Crippen molar-refractivity contribution in [2.24, 2.45) is 0 Å². The van der Waals surface area contributed by atoms with Crippen molar-refractivity contribution < 1.29 is 23.0 Å². The van der Waals surface area contributed by atoms with Crippen molar-refractivity contribution in [1.29, 1.82) is 0 Å². The molecule has 0 bridgehead atoms. The molecule has 0 aliphatic heterocycles. The quantitative estimate of drug-likeness (QED) is 0.448. The predicted molar refractivity (Wildman–Crippen MR) is 102 cm³/mol. The van der Waals surface area contributed by atoms with Gasteiger partial charge in [0.15, 0.2) is 17.4 Å². The van der Waals surface area contributed by atoms with Gasteiger partial charge in [-0.3, -0.25) is 9.78 Å². The van der Waals surface area contributed by atoms with E-state index in [-0.39, 0.29) is 19.0 Å². The van der Waals surface area contributed by atoms with Crippen molar-refractivity contribution in [3.8, 4) is 16.9 Å². The summed E-state index contributed by atoms with van der Waals surface area (Å²) in [6.07, 6.45) is 6.62. The number of hydrogen-bond donors (Lipinski definition) is 0. The summed E-state index contributed by atoms with van der Waals surface area (Å²) in [5.41, 5.74) is 2.13. The van der Waals surface area contributed by atoms with Gasteiger partial charge in [-0.05, 0) is 49.9 Å². The van der Waals surface area contributed by atoms with E-state index in [1.807, 2.05) is 6.07 Å². The Kier molecular flexibility index (Phi) is 6.95. The summed E-state index contributed by atoms with van der Waals surface area (Å²) in [7, 11) is 0. The number of pyridine rings is 1. The zero-order valence-electron chi connectivity index (χ0n) is 16.0. The number of carbonyl (C=O) groups excluding carboxylic acids is 1. The molecule has 0 atom stereocenters. The van der Waals surface area contributed by atoms with Crippen molar-refractivity contribution >= 4 is 5.97 Å². The lowest BCUT2D eigenvalue weighted by molar-refractivity contribution is -0.143. The van der Waals surface area contributed by atoms with Gasteiger partial charge in [0.2, 0.25) is 0 Å². The van der Waals surface area contributed by atoms with Gasteiger partial charge in [0.25, 0.3) is 0 Å². The van der Waals surface area contributed by atoms with Crippen molar-refractivity contribution in [1.82, 2.24) is 4.98 Å². The summed E-state index contributed by atoms with van der Waals surface area (Å²) in [6, 6.07) is 6.22. The Morgan fingerprint density at radius 1 is 1.21 bits per heavy atom. The molecule has 3 rings (SSSR count). The summed E-state index contributed by atoms with van der Waals surface area (Å²) in [5, 5.41) is 0. The smallest absolute Gasteiger partial charge is 0.305 e. The van der Waals surface area contributed by atoms with Gasteiger partial charge in [0, 0.05) is 24.1 Å². The number of benzene rings is 1. The minimum Gasteiger partial charge on any atom is -0.488 e. The fraction of sp³-hybridized carbons (Fsp3) is 0.455. The molecule has 1 saturated carbocycles.